The van der Waals surface area contributed by atoms with E-state index in [4.69, 9.17) is 33.2 Å². The number of rotatable bonds is 21. The minimum atomic E-state index is -2.82. The van der Waals surface area contributed by atoms with Crippen molar-refractivity contribution < 1.29 is 41.6 Å². The Balaban J connectivity index is 1.68. The van der Waals surface area contributed by atoms with E-state index in [1.165, 1.54) is 0 Å². The van der Waals surface area contributed by atoms with Gasteiger partial charge in [-0.2, -0.15) is 0 Å². The first-order chi connectivity index (χ1) is 14.6. The third-order valence-electron chi connectivity index (χ3n) is 4.28. The molecule has 0 saturated carbocycles. The monoisotopic (exact) mass is 457 g/mol. The van der Waals surface area contributed by atoms with Crippen molar-refractivity contribution >= 4 is 9.84 Å². The highest BCUT2D eigenvalue weighted by molar-refractivity contribution is 7.91. The zero-order valence-electron chi connectivity index (χ0n) is 18.3. The molecule has 180 valence electrons. The molecule has 30 heavy (non-hydrogen) atoms. The number of hydrogen-bond acceptors (Lipinski definition) is 10. The van der Waals surface area contributed by atoms with Gasteiger partial charge < -0.3 is 33.2 Å². The first kappa shape index (κ1) is 27.7. The lowest BCUT2D eigenvalue weighted by molar-refractivity contribution is -0.0196. The van der Waals surface area contributed by atoms with Gasteiger partial charge in [0.25, 0.3) is 0 Å². The first-order valence-corrected chi connectivity index (χ1v) is 12.3. The van der Waals surface area contributed by atoms with Crippen LogP contribution in [-0.4, -0.2) is 137 Å². The van der Waals surface area contributed by atoms with E-state index >= 15 is 0 Å². The van der Waals surface area contributed by atoms with Gasteiger partial charge in [-0.25, -0.2) is 8.42 Å². The molecule has 1 heterocycles. The molecule has 1 aliphatic heterocycles. The predicted octanol–water partition coefficient (Wildman–Crippen LogP) is -0.537. The van der Waals surface area contributed by atoms with Crippen molar-refractivity contribution in [3.05, 3.63) is 0 Å². The quantitative estimate of drug-likeness (QED) is 0.209. The van der Waals surface area contributed by atoms with Crippen molar-refractivity contribution in [1.82, 2.24) is 4.90 Å². The predicted molar refractivity (Wildman–Crippen MR) is 112 cm³/mol. The van der Waals surface area contributed by atoms with Crippen LogP contribution in [-0.2, 0) is 43.0 Å². The molecule has 0 spiro atoms. The van der Waals surface area contributed by atoms with E-state index in [1.54, 1.807) is 7.11 Å². The van der Waals surface area contributed by atoms with Crippen LogP contribution >= 0.6 is 0 Å². The van der Waals surface area contributed by atoms with Gasteiger partial charge in [0.1, 0.15) is 0 Å². The van der Waals surface area contributed by atoms with Gasteiger partial charge in [0.05, 0.1) is 97.4 Å². The Bertz CT molecular complexity index is 465. The summed E-state index contributed by atoms with van der Waals surface area (Å²) >= 11 is 0. The molecule has 11 heteroatoms. The van der Waals surface area contributed by atoms with Gasteiger partial charge in [0.15, 0.2) is 9.84 Å². The molecular formula is C19H39NO9S. The number of nitrogens with zero attached hydrogens (tertiary/aromatic N) is 1. The summed E-state index contributed by atoms with van der Waals surface area (Å²) < 4.78 is 60.0. The van der Waals surface area contributed by atoms with Crippen LogP contribution in [0.1, 0.15) is 0 Å². The molecule has 0 unspecified atom stereocenters. The molecule has 0 amide bonds. The van der Waals surface area contributed by atoms with Crippen molar-refractivity contribution in [2.24, 2.45) is 0 Å². The highest BCUT2D eigenvalue weighted by atomic mass is 32.2. The molecule has 0 atom stereocenters. The molecule has 1 rings (SSSR count). The summed E-state index contributed by atoms with van der Waals surface area (Å²) in [5.41, 5.74) is 0. The average Bonchev–Trinajstić information content (AvgIpc) is 2.73. The second kappa shape index (κ2) is 19.3. The van der Waals surface area contributed by atoms with E-state index in [2.05, 4.69) is 4.90 Å². The number of ether oxygens (including phenoxy) is 7. The summed E-state index contributed by atoms with van der Waals surface area (Å²) in [5.74, 6) is 0.500. The van der Waals surface area contributed by atoms with E-state index in [-0.39, 0.29) is 11.5 Å². The van der Waals surface area contributed by atoms with Crippen molar-refractivity contribution in [2.45, 2.75) is 0 Å². The van der Waals surface area contributed by atoms with Crippen LogP contribution in [0.5, 0.6) is 0 Å². The largest absolute Gasteiger partial charge is 0.382 e. The third-order valence-corrected chi connectivity index (χ3v) is 5.89. The van der Waals surface area contributed by atoms with Crippen LogP contribution in [0.4, 0.5) is 0 Å². The maximum Gasteiger partial charge on any atom is 0.152 e. The summed E-state index contributed by atoms with van der Waals surface area (Å²) in [5, 5.41) is 0. The van der Waals surface area contributed by atoms with E-state index in [1.807, 2.05) is 0 Å². The van der Waals surface area contributed by atoms with Crippen LogP contribution in [0.15, 0.2) is 0 Å². The Morgan fingerprint density at radius 3 is 1.27 bits per heavy atom. The Labute approximate surface area is 180 Å². The molecular weight excluding hydrogens is 418 g/mol. The zero-order chi connectivity index (χ0) is 21.8. The Morgan fingerprint density at radius 2 is 0.900 bits per heavy atom. The summed E-state index contributed by atoms with van der Waals surface area (Å²) in [4.78, 5) is 2.11. The number of sulfone groups is 1. The lowest BCUT2D eigenvalue weighted by atomic mass is 10.5. The van der Waals surface area contributed by atoms with Gasteiger partial charge in [-0.05, 0) is 0 Å². The van der Waals surface area contributed by atoms with Crippen LogP contribution in [0.25, 0.3) is 0 Å². The normalized spacial score (nSPS) is 16.8. The molecule has 0 aromatic rings. The zero-order valence-corrected chi connectivity index (χ0v) is 19.1. The summed E-state index contributed by atoms with van der Waals surface area (Å²) in [6, 6.07) is 0. The average molecular weight is 458 g/mol. The van der Waals surface area contributed by atoms with Gasteiger partial charge in [-0.3, -0.25) is 4.90 Å². The lowest BCUT2D eigenvalue weighted by Gasteiger charge is -2.26. The molecule has 0 aromatic carbocycles. The summed E-state index contributed by atoms with van der Waals surface area (Å²) in [6.45, 7) is 8.99. The maximum atomic E-state index is 11.4. The van der Waals surface area contributed by atoms with E-state index in [9.17, 15) is 8.42 Å². The second-order valence-corrected chi connectivity index (χ2v) is 8.96. The molecule has 0 radical (unpaired) electrons. The van der Waals surface area contributed by atoms with E-state index < -0.39 is 9.84 Å². The molecule has 1 aliphatic rings. The molecule has 1 saturated heterocycles. The first-order valence-electron chi connectivity index (χ1n) is 10.5. The fraction of sp³-hybridized carbons (Fsp3) is 1.00. The van der Waals surface area contributed by atoms with Gasteiger partial charge in [0, 0.05) is 26.7 Å². The highest BCUT2D eigenvalue weighted by Gasteiger charge is 2.20. The Hall–Kier alpha value is -0.370. The van der Waals surface area contributed by atoms with Crippen molar-refractivity contribution in [1.29, 1.82) is 0 Å². The Morgan fingerprint density at radius 1 is 0.567 bits per heavy atom. The summed E-state index contributed by atoms with van der Waals surface area (Å²) in [6.07, 6.45) is 0. The smallest absolute Gasteiger partial charge is 0.152 e. The second-order valence-electron chi connectivity index (χ2n) is 6.66. The van der Waals surface area contributed by atoms with E-state index in [0.717, 1.165) is 6.54 Å². The fourth-order valence-electron chi connectivity index (χ4n) is 2.51. The molecule has 0 bridgehead atoms. The van der Waals surface area contributed by atoms with Crippen LogP contribution < -0.4 is 0 Å². The van der Waals surface area contributed by atoms with Crippen molar-refractivity contribution in [2.75, 3.05) is 124 Å². The van der Waals surface area contributed by atoms with Gasteiger partial charge in [0.2, 0.25) is 0 Å². The number of methoxy groups -OCH3 is 1. The van der Waals surface area contributed by atoms with Crippen LogP contribution in [0.2, 0.25) is 0 Å². The van der Waals surface area contributed by atoms with Crippen LogP contribution in [0.3, 0.4) is 0 Å². The van der Waals surface area contributed by atoms with Gasteiger partial charge >= 0.3 is 0 Å². The molecule has 10 nitrogen and oxygen atoms in total. The standard InChI is InChI=1S/C19H39NO9S/c1-23-6-7-25-10-11-27-14-15-29-17-16-28-13-12-26-9-8-24-5-2-20-3-18-30(21,22)19-4-20/h2-19H2,1H3. The van der Waals surface area contributed by atoms with Crippen LogP contribution in [0, 0.1) is 0 Å². The minimum Gasteiger partial charge on any atom is -0.382 e. The summed E-state index contributed by atoms with van der Waals surface area (Å²) in [7, 11) is -1.17. The Kier molecular flexibility index (Phi) is 17.8. The van der Waals surface area contributed by atoms with Crippen molar-refractivity contribution in [3.8, 4) is 0 Å². The maximum absolute atomic E-state index is 11.4. The van der Waals surface area contributed by atoms with Gasteiger partial charge in [-0.1, -0.05) is 0 Å². The molecule has 1 fully saturated rings. The highest BCUT2D eigenvalue weighted by Crippen LogP contribution is 2.02. The third kappa shape index (κ3) is 17.3. The SMILES string of the molecule is COCCOCCOCCOCCOCCOCCOCCN1CCS(=O)(=O)CC1. The molecule has 0 aliphatic carbocycles. The fourth-order valence-corrected chi connectivity index (χ4v) is 3.79. The topological polar surface area (TPSA) is 102 Å². The van der Waals surface area contributed by atoms with Gasteiger partial charge in [-0.15, -0.1) is 0 Å². The minimum absolute atomic E-state index is 0.250. The van der Waals surface area contributed by atoms with Crippen molar-refractivity contribution in [3.63, 3.8) is 0 Å². The number of hydrogen-bond donors (Lipinski definition) is 0. The van der Waals surface area contributed by atoms with E-state index in [0.29, 0.717) is 99.0 Å². The molecule has 0 N–H and O–H groups in total. The molecule has 0 aromatic heterocycles. The lowest BCUT2D eigenvalue weighted by Crippen LogP contribution is -2.41.